The number of hydrogen-bond acceptors (Lipinski definition) is 5. The number of benzene rings is 2. The third-order valence-electron chi connectivity index (χ3n) is 4.24. The molecule has 8 heteroatoms. The third-order valence-corrected chi connectivity index (χ3v) is 4.99. The molecule has 0 atom stereocenters. The lowest BCUT2D eigenvalue weighted by Crippen LogP contribution is -2.08. The van der Waals surface area contributed by atoms with Crippen molar-refractivity contribution in [3.63, 3.8) is 0 Å². The number of pyridine rings is 1. The molecule has 0 unspecified atom stereocenters. The number of hydrazone groups is 1. The van der Waals surface area contributed by atoms with Crippen LogP contribution in [-0.4, -0.2) is 16.2 Å². The smallest absolute Gasteiger partial charge is 0.256 e. The van der Waals surface area contributed by atoms with Crippen molar-refractivity contribution in [2.75, 3.05) is 5.43 Å². The van der Waals surface area contributed by atoms with Crippen LogP contribution in [0.4, 0.5) is 18.3 Å². The van der Waals surface area contributed by atoms with Crippen LogP contribution in [0.2, 0.25) is 0 Å². The molecule has 0 saturated carbocycles. The minimum atomic E-state index is -4.46. The predicted octanol–water partition coefficient (Wildman–Crippen LogP) is 6.34. The lowest BCUT2D eigenvalue weighted by Gasteiger charge is -2.11. The molecule has 0 aliphatic carbocycles. The molecule has 1 N–H and O–H groups in total. The van der Waals surface area contributed by atoms with Crippen LogP contribution >= 0.6 is 11.3 Å². The van der Waals surface area contributed by atoms with Crippen molar-refractivity contribution in [2.45, 2.75) is 6.18 Å². The van der Waals surface area contributed by atoms with Crippen LogP contribution in [0.25, 0.3) is 22.5 Å². The van der Waals surface area contributed by atoms with Gasteiger partial charge in [-0.05, 0) is 17.7 Å². The Kier molecular flexibility index (Phi) is 5.58. The van der Waals surface area contributed by atoms with E-state index in [9.17, 15) is 13.2 Å². The first-order valence-corrected chi connectivity index (χ1v) is 9.81. The fourth-order valence-electron chi connectivity index (χ4n) is 2.82. The Morgan fingerprint density at radius 1 is 0.900 bits per heavy atom. The van der Waals surface area contributed by atoms with Gasteiger partial charge in [-0.25, -0.2) is 4.98 Å². The Balaban J connectivity index is 1.45. The molecule has 30 heavy (non-hydrogen) atoms. The molecular formula is C22H15F3N4S. The summed E-state index contributed by atoms with van der Waals surface area (Å²) in [7, 11) is 0. The highest BCUT2D eigenvalue weighted by atomic mass is 32.1. The van der Waals surface area contributed by atoms with E-state index in [1.807, 2.05) is 35.7 Å². The first-order valence-electron chi connectivity index (χ1n) is 8.93. The maximum absolute atomic E-state index is 13.2. The van der Waals surface area contributed by atoms with Crippen LogP contribution in [-0.2, 0) is 6.18 Å². The number of anilines is 1. The van der Waals surface area contributed by atoms with Gasteiger partial charge in [-0.1, -0.05) is 54.6 Å². The quantitative estimate of drug-likeness (QED) is 0.301. The number of rotatable bonds is 5. The molecule has 4 aromatic rings. The van der Waals surface area contributed by atoms with Crippen molar-refractivity contribution in [2.24, 2.45) is 5.10 Å². The average molecular weight is 424 g/mol. The number of nitrogens with zero attached hydrogens (tertiary/aromatic N) is 3. The number of halogens is 3. The molecule has 0 radical (unpaired) electrons. The van der Waals surface area contributed by atoms with E-state index in [1.165, 1.54) is 23.6 Å². The molecule has 0 amide bonds. The molecule has 4 rings (SSSR count). The number of hydrogen-bond donors (Lipinski definition) is 1. The molecule has 0 fully saturated rings. The van der Waals surface area contributed by atoms with Gasteiger partial charge in [0.05, 0.1) is 23.2 Å². The highest BCUT2D eigenvalue weighted by Crippen LogP contribution is 2.35. The summed E-state index contributed by atoms with van der Waals surface area (Å²) in [6, 6.07) is 18.7. The second-order valence-corrected chi connectivity index (χ2v) is 7.15. The van der Waals surface area contributed by atoms with Crippen LogP contribution in [0, 0.1) is 0 Å². The number of alkyl halides is 3. The topological polar surface area (TPSA) is 50.2 Å². The maximum atomic E-state index is 13.2. The SMILES string of the molecule is FC(F)(F)c1cccnc1-c1ccc(C=NNc2nc(-c3ccccc3)cs2)cc1. The zero-order valence-electron chi connectivity index (χ0n) is 15.5. The van der Waals surface area contributed by atoms with Crippen molar-refractivity contribution < 1.29 is 13.2 Å². The highest BCUT2D eigenvalue weighted by Gasteiger charge is 2.34. The zero-order valence-corrected chi connectivity index (χ0v) is 16.3. The van der Waals surface area contributed by atoms with Crippen LogP contribution in [0.5, 0.6) is 0 Å². The number of nitrogens with one attached hydrogen (secondary N) is 1. The summed E-state index contributed by atoms with van der Waals surface area (Å²) >= 11 is 1.43. The molecule has 0 aliphatic rings. The van der Waals surface area contributed by atoms with Gasteiger partial charge in [-0.2, -0.15) is 18.3 Å². The Morgan fingerprint density at radius 3 is 2.40 bits per heavy atom. The van der Waals surface area contributed by atoms with E-state index in [0.717, 1.165) is 22.9 Å². The molecular weight excluding hydrogens is 409 g/mol. The second-order valence-electron chi connectivity index (χ2n) is 6.29. The normalized spacial score (nSPS) is 11.7. The summed E-state index contributed by atoms with van der Waals surface area (Å²) in [4.78, 5) is 8.38. The van der Waals surface area contributed by atoms with Crippen molar-refractivity contribution in [1.82, 2.24) is 9.97 Å². The first-order chi connectivity index (χ1) is 14.5. The predicted molar refractivity (Wildman–Crippen MR) is 113 cm³/mol. The van der Waals surface area contributed by atoms with Gasteiger partial charge in [0, 0.05) is 22.7 Å². The van der Waals surface area contributed by atoms with Gasteiger partial charge in [-0.3, -0.25) is 10.4 Å². The van der Waals surface area contributed by atoms with Crippen LogP contribution < -0.4 is 5.43 Å². The summed E-state index contributed by atoms with van der Waals surface area (Å²) in [6.45, 7) is 0. The van der Waals surface area contributed by atoms with E-state index in [1.54, 1.807) is 30.5 Å². The summed E-state index contributed by atoms with van der Waals surface area (Å²) in [5, 5.41) is 6.74. The van der Waals surface area contributed by atoms with Gasteiger partial charge in [0.15, 0.2) is 0 Å². The van der Waals surface area contributed by atoms with E-state index >= 15 is 0 Å². The van der Waals surface area contributed by atoms with Crippen LogP contribution in [0.3, 0.4) is 0 Å². The van der Waals surface area contributed by atoms with Gasteiger partial charge in [0.25, 0.3) is 0 Å². The van der Waals surface area contributed by atoms with Crippen LogP contribution in [0.1, 0.15) is 11.1 Å². The second kappa shape index (κ2) is 8.46. The largest absolute Gasteiger partial charge is 0.418 e. The van der Waals surface area contributed by atoms with Crippen molar-refractivity contribution in [1.29, 1.82) is 0 Å². The Bertz CT molecular complexity index is 1150. The maximum Gasteiger partial charge on any atom is 0.418 e. The summed E-state index contributed by atoms with van der Waals surface area (Å²) < 4.78 is 39.5. The molecule has 2 aromatic heterocycles. The Hall–Kier alpha value is -3.52. The van der Waals surface area contributed by atoms with Gasteiger partial charge >= 0.3 is 6.18 Å². The van der Waals surface area contributed by atoms with Crippen molar-refractivity contribution in [3.05, 3.63) is 89.4 Å². The third kappa shape index (κ3) is 4.55. The van der Waals surface area contributed by atoms with Crippen molar-refractivity contribution in [3.8, 4) is 22.5 Å². The van der Waals surface area contributed by atoms with E-state index in [2.05, 4.69) is 20.5 Å². The number of thiazole rings is 1. The summed E-state index contributed by atoms with van der Waals surface area (Å²) in [5.41, 5.74) is 5.02. The summed E-state index contributed by atoms with van der Waals surface area (Å²) in [6.07, 6.45) is -1.53. The number of aromatic nitrogens is 2. The van der Waals surface area contributed by atoms with E-state index < -0.39 is 11.7 Å². The van der Waals surface area contributed by atoms with Crippen LogP contribution in [0.15, 0.2) is 83.4 Å². The monoisotopic (exact) mass is 424 g/mol. The molecule has 2 aromatic carbocycles. The Morgan fingerprint density at radius 2 is 1.67 bits per heavy atom. The fraction of sp³-hybridized carbons (Fsp3) is 0.0455. The Labute approximate surface area is 174 Å². The minimum absolute atomic E-state index is 0.0946. The van der Waals surface area contributed by atoms with Gasteiger partial charge < -0.3 is 0 Å². The molecule has 0 aliphatic heterocycles. The molecule has 2 heterocycles. The van der Waals surface area contributed by atoms with Gasteiger partial charge in [0.2, 0.25) is 5.13 Å². The zero-order chi connectivity index (χ0) is 21.0. The summed E-state index contributed by atoms with van der Waals surface area (Å²) in [5.74, 6) is 0. The minimum Gasteiger partial charge on any atom is -0.256 e. The van der Waals surface area contributed by atoms with Gasteiger partial charge in [0.1, 0.15) is 0 Å². The molecule has 0 bridgehead atoms. The van der Waals surface area contributed by atoms with E-state index in [0.29, 0.717) is 10.7 Å². The fourth-order valence-corrected chi connectivity index (χ4v) is 3.49. The first kappa shape index (κ1) is 19.8. The molecule has 0 spiro atoms. The average Bonchev–Trinajstić information content (AvgIpc) is 3.23. The van der Waals surface area contributed by atoms with Gasteiger partial charge in [-0.15, -0.1) is 11.3 Å². The van der Waals surface area contributed by atoms with E-state index in [-0.39, 0.29) is 5.69 Å². The molecule has 4 nitrogen and oxygen atoms in total. The lowest BCUT2D eigenvalue weighted by molar-refractivity contribution is -0.137. The standard InChI is InChI=1S/C22H15F3N4S/c23-22(24,25)18-7-4-12-26-20(18)17-10-8-15(9-11-17)13-27-29-21-28-19(14-30-21)16-5-2-1-3-6-16/h1-14H,(H,28,29). The van der Waals surface area contributed by atoms with Crippen molar-refractivity contribution >= 4 is 22.7 Å². The lowest BCUT2D eigenvalue weighted by atomic mass is 10.0. The molecule has 150 valence electrons. The highest BCUT2D eigenvalue weighted by molar-refractivity contribution is 7.14. The molecule has 0 saturated heterocycles. The van der Waals surface area contributed by atoms with E-state index in [4.69, 9.17) is 0 Å².